The van der Waals surface area contributed by atoms with E-state index in [1.54, 1.807) is 0 Å². The summed E-state index contributed by atoms with van der Waals surface area (Å²) in [4.78, 5) is 0. The molecule has 0 aromatic heterocycles. The number of likely N-dealkylation sites (N-methyl/N-ethyl adjacent to an activating group) is 1. The van der Waals surface area contributed by atoms with Gasteiger partial charge >= 0.3 is 0 Å². The molecule has 0 amide bonds. The van der Waals surface area contributed by atoms with Gasteiger partial charge in [0.05, 0.1) is 12.2 Å². The maximum atomic E-state index is 6.51. The number of hydrogen-bond donors (Lipinski definition) is 1. The van der Waals surface area contributed by atoms with E-state index in [-0.39, 0.29) is 0 Å². The molecule has 0 spiro atoms. The van der Waals surface area contributed by atoms with E-state index in [2.05, 4.69) is 39.9 Å². The van der Waals surface area contributed by atoms with Crippen LogP contribution in [0.3, 0.4) is 0 Å². The Morgan fingerprint density at radius 2 is 1.84 bits per heavy atom. The van der Waals surface area contributed by atoms with Gasteiger partial charge in [-0.2, -0.15) is 0 Å². The topological polar surface area (TPSA) is 21.3 Å². The van der Waals surface area contributed by atoms with Gasteiger partial charge in [-0.3, -0.25) is 0 Å². The van der Waals surface area contributed by atoms with Crippen LogP contribution in [0.5, 0.6) is 0 Å². The quantitative estimate of drug-likeness (QED) is 0.831. The van der Waals surface area contributed by atoms with E-state index < -0.39 is 0 Å². The van der Waals surface area contributed by atoms with Gasteiger partial charge < -0.3 is 10.1 Å². The Morgan fingerprint density at radius 1 is 1.11 bits per heavy atom. The highest BCUT2D eigenvalue weighted by atomic mass is 16.5. The lowest BCUT2D eigenvalue weighted by Gasteiger charge is -2.37. The normalized spacial score (nSPS) is 42.5. The Hall–Kier alpha value is -0.0800. The van der Waals surface area contributed by atoms with Gasteiger partial charge in [0, 0.05) is 6.04 Å². The zero-order valence-electron chi connectivity index (χ0n) is 13.5. The van der Waals surface area contributed by atoms with Crippen molar-refractivity contribution in [1.29, 1.82) is 0 Å². The third-order valence-electron chi connectivity index (χ3n) is 5.63. The predicted molar refractivity (Wildman–Crippen MR) is 81.3 cm³/mol. The number of hydrogen-bond acceptors (Lipinski definition) is 2. The van der Waals surface area contributed by atoms with E-state index in [1.165, 1.54) is 32.1 Å². The van der Waals surface area contributed by atoms with E-state index >= 15 is 0 Å². The van der Waals surface area contributed by atoms with Gasteiger partial charge in [0.2, 0.25) is 0 Å². The van der Waals surface area contributed by atoms with E-state index in [0.29, 0.717) is 23.7 Å². The molecule has 2 fully saturated rings. The molecular formula is C17H33NO. The first-order chi connectivity index (χ1) is 8.94. The lowest BCUT2D eigenvalue weighted by Crippen LogP contribution is -2.47. The van der Waals surface area contributed by atoms with Crippen molar-refractivity contribution in [2.45, 2.75) is 85.0 Å². The van der Waals surface area contributed by atoms with Gasteiger partial charge in [-0.25, -0.2) is 0 Å². The minimum Gasteiger partial charge on any atom is -0.373 e. The standard InChI is InChI=1S/C17H33NO/c1-6-18-16-15(9-10-17(16,4)5)19-14-8-7-12(2)13(3)11-14/h12-16,18H,6-11H2,1-5H3. The lowest BCUT2D eigenvalue weighted by molar-refractivity contribution is -0.0595. The van der Waals surface area contributed by atoms with Crippen LogP contribution in [-0.2, 0) is 4.74 Å². The minimum atomic E-state index is 0.383. The molecule has 2 aliphatic rings. The average molecular weight is 267 g/mol. The van der Waals surface area contributed by atoms with E-state index in [4.69, 9.17) is 4.74 Å². The highest BCUT2D eigenvalue weighted by Gasteiger charge is 2.43. The van der Waals surface area contributed by atoms with Crippen molar-refractivity contribution < 1.29 is 4.74 Å². The monoisotopic (exact) mass is 267 g/mol. The van der Waals surface area contributed by atoms with Crippen LogP contribution in [-0.4, -0.2) is 24.8 Å². The lowest BCUT2D eigenvalue weighted by atomic mass is 9.80. The summed E-state index contributed by atoms with van der Waals surface area (Å²) < 4.78 is 6.51. The van der Waals surface area contributed by atoms with Gasteiger partial charge in [0.15, 0.2) is 0 Å². The molecule has 2 nitrogen and oxygen atoms in total. The molecule has 2 aliphatic carbocycles. The van der Waals surface area contributed by atoms with Gasteiger partial charge in [0.25, 0.3) is 0 Å². The van der Waals surface area contributed by atoms with Crippen LogP contribution in [0.25, 0.3) is 0 Å². The second kappa shape index (κ2) is 6.13. The van der Waals surface area contributed by atoms with Crippen molar-refractivity contribution >= 4 is 0 Å². The highest BCUT2D eigenvalue weighted by molar-refractivity contribution is 4.97. The largest absolute Gasteiger partial charge is 0.373 e. The van der Waals surface area contributed by atoms with Crippen molar-refractivity contribution in [2.75, 3.05) is 6.54 Å². The van der Waals surface area contributed by atoms with Gasteiger partial charge in [0.1, 0.15) is 0 Å². The van der Waals surface area contributed by atoms with Crippen LogP contribution in [0.1, 0.15) is 66.7 Å². The maximum absolute atomic E-state index is 6.51. The number of ether oxygens (including phenoxy) is 1. The summed E-state index contributed by atoms with van der Waals surface area (Å²) in [7, 11) is 0. The van der Waals surface area contributed by atoms with Crippen molar-refractivity contribution in [2.24, 2.45) is 17.3 Å². The summed E-state index contributed by atoms with van der Waals surface area (Å²) in [5.41, 5.74) is 0.383. The third kappa shape index (κ3) is 3.52. The van der Waals surface area contributed by atoms with Gasteiger partial charge in [-0.05, 0) is 55.9 Å². The van der Waals surface area contributed by atoms with Crippen LogP contribution < -0.4 is 5.32 Å². The fraction of sp³-hybridized carbons (Fsp3) is 1.00. The molecule has 1 N–H and O–H groups in total. The van der Waals surface area contributed by atoms with Crippen molar-refractivity contribution in [3.05, 3.63) is 0 Å². The molecule has 2 rings (SSSR count). The molecule has 0 bridgehead atoms. The Morgan fingerprint density at radius 3 is 2.47 bits per heavy atom. The maximum Gasteiger partial charge on any atom is 0.0737 e. The fourth-order valence-electron chi connectivity index (χ4n) is 3.98. The summed E-state index contributed by atoms with van der Waals surface area (Å²) in [6.07, 6.45) is 7.32. The zero-order valence-corrected chi connectivity index (χ0v) is 13.5. The van der Waals surface area contributed by atoms with E-state index in [0.717, 1.165) is 18.4 Å². The Bertz CT molecular complexity index is 289. The molecule has 0 radical (unpaired) electrons. The van der Waals surface area contributed by atoms with E-state index in [9.17, 15) is 0 Å². The molecule has 5 atom stereocenters. The molecule has 2 heteroatoms. The Labute approximate surface area is 119 Å². The highest BCUT2D eigenvalue weighted by Crippen LogP contribution is 2.41. The van der Waals surface area contributed by atoms with Crippen LogP contribution in [0.15, 0.2) is 0 Å². The molecule has 0 heterocycles. The van der Waals surface area contributed by atoms with Crippen LogP contribution >= 0.6 is 0 Å². The fourth-order valence-corrected chi connectivity index (χ4v) is 3.98. The first-order valence-electron chi connectivity index (χ1n) is 8.33. The molecule has 19 heavy (non-hydrogen) atoms. The first-order valence-corrected chi connectivity index (χ1v) is 8.33. The Kier molecular flexibility index (Phi) is 4.94. The predicted octanol–water partition coefficient (Wildman–Crippen LogP) is 3.99. The van der Waals surface area contributed by atoms with Gasteiger partial charge in [-0.15, -0.1) is 0 Å². The molecular weight excluding hydrogens is 234 g/mol. The van der Waals surface area contributed by atoms with Gasteiger partial charge in [-0.1, -0.05) is 34.6 Å². The van der Waals surface area contributed by atoms with Crippen LogP contribution in [0.2, 0.25) is 0 Å². The number of rotatable bonds is 4. The van der Waals surface area contributed by atoms with Crippen molar-refractivity contribution in [3.63, 3.8) is 0 Å². The Balaban J connectivity index is 1.91. The number of nitrogens with one attached hydrogen (secondary N) is 1. The summed E-state index contributed by atoms with van der Waals surface area (Å²) in [5, 5.41) is 3.67. The summed E-state index contributed by atoms with van der Waals surface area (Å²) in [6, 6.07) is 0.534. The molecule has 0 aromatic carbocycles. The second-order valence-corrected chi connectivity index (χ2v) is 7.63. The zero-order chi connectivity index (χ0) is 14.0. The minimum absolute atomic E-state index is 0.383. The first kappa shape index (κ1) is 15.3. The second-order valence-electron chi connectivity index (χ2n) is 7.63. The SMILES string of the molecule is CCNC1C(OC2CCC(C)C(C)C2)CCC1(C)C. The van der Waals surface area contributed by atoms with Crippen LogP contribution in [0, 0.1) is 17.3 Å². The molecule has 0 aromatic rings. The molecule has 2 saturated carbocycles. The smallest absolute Gasteiger partial charge is 0.0737 e. The molecule has 0 saturated heterocycles. The molecule has 112 valence electrons. The summed E-state index contributed by atoms with van der Waals surface area (Å²) >= 11 is 0. The molecule has 0 aliphatic heterocycles. The van der Waals surface area contributed by atoms with E-state index in [1.807, 2.05) is 0 Å². The third-order valence-corrected chi connectivity index (χ3v) is 5.63. The average Bonchev–Trinajstić information content (AvgIpc) is 2.62. The van der Waals surface area contributed by atoms with Crippen LogP contribution in [0.4, 0.5) is 0 Å². The summed E-state index contributed by atoms with van der Waals surface area (Å²) in [6.45, 7) is 12.8. The molecule has 5 unspecified atom stereocenters. The van der Waals surface area contributed by atoms with Crippen molar-refractivity contribution in [1.82, 2.24) is 5.32 Å². The van der Waals surface area contributed by atoms with Crippen molar-refractivity contribution in [3.8, 4) is 0 Å². The summed E-state index contributed by atoms with van der Waals surface area (Å²) in [5.74, 6) is 1.70.